The number of aryl methyl sites for hydroxylation is 1. The van der Waals surface area contributed by atoms with Crippen molar-refractivity contribution in [3.05, 3.63) is 30.1 Å². The number of hydrogen-bond acceptors (Lipinski definition) is 0. The topological polar surface area (TPSA) is 3.88 Å². The van der Waals surface area contributed by atoms with Crippen molar-refractivity contribution >= 4 is 0 Å². The third-order valence-electron chi connectivity index (χ3n) is 1.79. The van der Waals surface area contributed by atoms with E-state index in [0.717, 1.165) is 0 Å². The lowest BCUT2D eigenvalue weighted by molar-refractivity contribution is -0.759. The third kappa shape index (κ3) is 1.79. The van der Waals surface area contributed by atoms with Crippen molar-refractivity contribution in [3.63, 3.8) is 0 Å². The lowest BCUT2D eigenvalue weighted by atomic mass is 10.1. The van der Waals surface area contributed by atoms with E-state index in [-0.39, 0.29) is 5.54 Å². The fourth-order valence-electron chi connectivity index (χ4n) is 1.28. The zero-order valence-electron chi connectivity index (χ0n) is 7.76. The van der Waals surface area contributed by atoms with Gasteiger partial charge in [0, 0.05) is 39.8 Å². The molecule has 11 heavy (non-hydrogen) atoms. The van der Waals surface area contributed by atoms with Crippen molar-refractivity contribution in [1.29, 1.82) is 0 Å². The maximum atomic E-state index is 2.27. The quantitative estimate of drug-likeness (QED) is 0.498. The van der Waals surface area contributed by atoms with E-state index in [1.807, 2.05) is 0 Å². The van der Waals surface area contributed by atoms with E-state index in [0.29, 0.717) is 0 Å². The third-order valence-corrected chi connectivity index (χ3v) is 1.79. The molecular weight excluding hydrogens is 134 g/mol. The molecule has 0 aliphatic rings. The van der Waals surface area contributed by atoms with Crippen LogP contribution >= 0.6 is 0 Å². The molecule has 1 nitrogen and oxygen atoms in total. The number of aromatic nitrogens is 1. The van der Waals surface area contributed by atoms with Gasteiger partial charge in [0.25, 0.3) is 0 Å². The van der Waals surface area contributed by atoms with Gasteiger partial charge in [-0.2, -0.15) is 4.57 Å². The molecule has 0 aliphatic carbocycles. The van der Waals surface area contributed by atoms with E-state index in [1.165, 1.54) is 5.69 Å². The van der Waals surface area contributed by atoms with Crippen molar-refractivity contribution in [1.82, 2.24) is 0 Å². The Morgan fingerprint density at radius 1 is 1.18 bits per heavy atom. The normalized spacial score (nSPS) is 11.6. The number of rotatable bonds is 0. The summed E-state index contributed by atoms with van der Waals surface area (Å²) in [6.07, 6.45) is 2.12. The summed E-state index contributed by atoms with van der Waals surface area (Å²) in [5, 5.41) is 0. The lowest BCUT2D eigenvalue weighted by Crippen LogP contribution is -2.51. The predicted octanol–water partition coefficient (Wildman–Crippen LogP) is 2.04. The average Bonchev–Trinajstić information content (AvgIpc) is 1.86. The van der Waals surface area contributed by atoms with Gasteiger partial charge in [0.2, 0.25) is 0 Å². The molecule has 0 bridgehead atoms. The highest BCUT2D eigenvalue weighted by atomic mass is 15.0. The first kappa shape index (κ1) is 8.25. The second kappa shape index (κ2) is 2.65. The van der Waals surface area contributed by atoms with E-state index < -0.39 is 0 Å². The van der Waals surface area contributed by atoms with Crippen LogP contribution in [0.25, 0.3) is 0 Å². The molecule has 1 aromatic heterocycles. The van der Waals surface area contributed by atoms with Crippen LogP contribution < -0.4 is 4.57 Å². The Balaban J connectivity index is 3.14. The molecule has 0 saturated carbocycles. The first-order valence-electron chi connectivity index (χ1n) is 3.99. The van der Waals surface area contributed by atoms with Crippen LogP contribution in [0, 0.1) is 6.92 Å². The fourth-order valence-corrected chi connectivity index (χ4v) is 1.28. The Bertz CT molecular complexity index is 245. The molecule has 0 aromatic carbocycles. The second-order valence-electron chi connectivity index (χ2n) is 3.88. The van der Waals surface area contributed by atoms with Crippen LogP contribution in [-0.2, 0) is 5.54 Å². The molecular formula is C10H16N+. The van der Waals surface area contributed by atoms with Gasteiger partial charge >= 0.3 is 0 Å². The van der Waals surface area contributed by atoms with Crippen LogP contribution in [0.15, 0.2) is 24.4 Å². The van der Waals surface area contributed by atoms with E-state index >= 15 is 0 Å². The van der Waals surface area contributed by atoms with E-state index in [4.69, 9.17) is 0 Å². The predicted molar refractivity (Wildman–Crippen MR) is 46.4 cm³/mol. The van der Waals surface area contributed by atoms with Gasteiger partial charge in [-0.1, -0.05) is 6.07 Å². The molecule has 1 heteroatoms. The van der Waals surface area contributed by atoms with Crippen molar-refractivity contribution in [2.24, 2.45) is 0 Å². The fraction of sp³-hybridized carbons (Fsp3) is 0.500. The molecule has 0 spiro atoms. The SMILES string of the molecule is Cc1cccc[n+]1C(C)(C)C. The molecule has 0 fully saturated rings. The van der Waals surface area contributed by atoms with E-state index in [1.54, 1.807) is 0 Å². The zero-order chi connectivity index (χ0) is 8.48. The summed E-state index contributed by atoms with van der Waals surface area (Å²) in [6.45, 7) is 8.76. The Kier molecular flexibility index (Phi) is 1.99. The van der Waals surface area contributed by atoms with Crippen LogP contribution in [0.3, 0.4) is 0 Å². The molecule has 1 aromatic rings. The first-order valence-corrected chi connectivity index (χ1v) is 3.99. The van der Waals surface area contributed by atoms with Crippen LogP contribution in [-0.4, -0.2) is 0 Å². The summed E-state index contributed by atoms with van der Waals surface area (Å²) in [6, 6.07) is 6.26. The summed E-state index contributed by atoms with van der Waals surface area (Å²) < 4.78 is 2.27. The van der Waals surface area contributed by atoms with Crippen LogP contribution in [0.4, 0.5) is 0 Å². The van der Waals surface area contributed by atoms with Gasteiger partial charge in [-0.25, -0.2) is 0 Å². The summed E-state index contributed by atoms with van der Waals surface area (Å²) in [7, 11) is 0. The van der Waals surface area contributed by atoms with Gasteiger partial charge in [0.05, 0.1) is 0 Å². The summed E-state index contributed by atoms with van der Waals surface area (Å²) >= 11 is 0. The zero-order valence-corrected chi connectivity index (χ0v) is 7.76. The van der Waals surface area contributed by atoms with Gasteiger partial charge in [0.15, 0.2) is 17.4 Å². The number of nitrogens with zero attached hydrogens (tertiary/aromatic N) is 1. The molecule has 1 rings (SSSR count). The molecule has 0 saturated heterocycles. The second-order valence-corrected chi connectivity index (χ2v) is 3.88. The number of hydrogen-bond donors (Lipinski definition) is 0. The maximum Gasteiger partial charge on any atom is 0.178 e. The van der Waals surface area contributed by atoms with Crippen molar-refractivity contribution < 1.29 is 4.57 Å². The standard InChI is InChI=1S/C10H16N/c1-9-7-5-6-8-11(9)10(2,3)4/h5-8H,1-4H3/q+1. The highest BCUT2D eigenvalue weighted by Gasteiger charge is 2.22. The average molecular weight is 150 g/mol. The lowest BCUT2D eigenvalue weighted by Gasteiger charge is -2.14. The van der Waals surface area contributed by atoms with Crippen LogP contribution in [0.2, 0.25) is 0 Å². The van der Waals surface area contributed by atoms with Crippen molar-refractivity contribution in [2.75, 3.05) is 0 Å². The molecule has 0 unspecified atom stereocenters. The van der Waals surface area contributed by atoms with Crippen molar-refractivity contribution in [3.8, 4) is 0 Å². The monoisotopic (exact) mass is 150 g/mol. The largest absolute Gasteiger partial charge is 0.198 e. The van der Waals surface area contributed by atoms with Crippen molar-refractivity contribution in [2.45, 2.75) is 33.2 Å². The molecule has 1 heterocycles. The molecule has 60 valence electrons. The van der Waals surface area contributed by atoms with Gasteiger partial charge in [-0.3, -0.25) is 0 Å². The van der Waals surface area contributed by atoms with Gasteiger partial charge in [0.1, 0.15) is 0 Å². The highest BCUT2D eigenvalue weighted by Crippen LogP contribution is 2.04. The molecule has 0 amide bonds. The Morgan fingerprint density at radius 3 is 2.18 bits per heavy atom. The van der Waals surface area contributed by atoms with Gasteiger partial charge < -0.3 is 0 Å². The minimum absolute atomic E-state index is 0.200. The van der Waals surface area contributed by atoms with Crippen LogP contribution in [0.5, 0.6) is 0 Å². The molecule has 0 radical (unpaired) electrons. The first-order chi connectivity index (χ1) is 5.02. The molecule has 0 N–H and O–H groups in total. The Hall–Kier alpha value is -0.850. The Morgan fingerprint density at radius 2 is 1.82 bits per heavy atom. The minimum atomic E-state index is 0.200. The maximum absolute atomic E-state index is 2.27. The minimum Gasteiger partial charge on any atom is -0.198 e. The summed E-state index contributed by atoms with van der Waals surface area (Å²) in [4.78, 5) is 0. The highest BCUT2D eigenvalue weighted by molar-refractivity contribution is 4.94. The van der Waals surface area contributed by atoms with Gasteiger partial charge in [-0.15, -0.1) is 0 Å². The molecule has 0 atom stereocenters. The number of pyridine rings is 1. The van der Waals surface area contributed by atoms with Crippen LogP contribution in [0.1, 0.15) is 26.5 Å². The Labute approximate surface area is 68.7 Å². The van der Waals surface area contributed by atoms with E-state index in [9.17, 15) is 0 Å². The van der Waals surface area contributed by atoms with E-state index in [2.05, 4.69) is 56.7 Å². The summed E-state index contributed by atoms with van der Waals surface area (Å²) in [5.41, 5.74) is 1.51. The smallest absolute Gasteiger partial charge is 0.178 e. The van der Waals surface area contributed by atoms with Gasteiger partial charge in [-0.05, 0) is 0 Å². The molecule has 0 aliphatic heterocycles. The summed E-state index contributed by atoms with van der Waals surface area (Å²) in [5.74, 6) is 0.